The van der Waals surface area contributed by atoms with Gasteiger partial charge < -0.3 is 9.94 Å². The number of ether oxygens (including phenoxy) is 1. The first kappa shape index (κ1) is 14.1. The Morgan fingerprint density at radius 2 is 1.91 bits per heavy atom. The third kappa shape index (κ3) is 3.26. The number of hydroxylamine groups is 1. The second-order valence-corrected chi connectivity index (χ2v) is 5.17. The molecule has 1 heterocycles. The summed E-state index contributed by atoms with van der Waals surface area (Å²) < 4.78 is 6.72. The maximum Gasteiger partial charge on any atom is 0.182 e. The van der Waals surface area contributed by atoms with Gasteiger partial charge in [-0.05, 0) is 34.9 Å². The van der Waals surface area contributed by atoms with Gasteiger partial charge in [-0.15, -0.1) is 0 Å². The fourth-order valence-electron chi connectivity index (χ4n) is 2.41. The molecule has 1 aliphatic rings. The van der Waals surface area contributed by atoms with E-state index in [0.29, 0.717) is 13.2 Å². The van der Waals surface area contributed by atoms with Crippen LogP contribution in [0.15, 0.2) is 72.8 Å². The molecule has 3 heteroatoms. The van der Waals surface area contributed by atoms with Crippen molar-refractivity contribution in [2.75, 3.05) is 6.54 Å². The zero-order valence-electron chi connectivity index (χ0n) is 12.2. The van der Waals surface area contributed by atoms with Crippen molar-refractivity contribution in [2.24, 2.45) is 0 Å². The Labute approximate surface area is 130 Å². The summed E-state index contributed by atoms with van der Waals surface area (Å²) in [6.45, 7) is 4.82. The third-order valence-electron chi connectivity index (χ3n) is 3.51. The quantitative estimate of drug-likeness (QED) is 0.634. The number of hydrogen-bond donors (Lipinski definition) is 0. The largest absolute Gasteiger partial charge is 0.624 e. The van der Waals surface area contributed by atoms with Crippen LogP contribution in [0.4, 0.5) is 0 Å². The zero-order valence-corrected chi connectivity index (χ0v) is 12.2. The molecular formula is C19H17NO2. The molecular weight excluding hydrogens is 274 g/mol. The number of hydrogen-bond acceptors (Lipinski definition) is 2. The Bertz CT molecular complexity index is 745. The Hall–Kier alpha value is -2.81. The molecule has 0 aliphatic carbocycles. The number of benzene rings is 2. The summed E-state index contributed by atoms with van der Waals surface area (Å²) in [7, 11) is 0. The second-order valence-electron chi connectivity index (χ2n) is 5.17. The van der Waals surface area contributed by atoms with Crippen molar-refractivity contribution in [3.63, 3.8) is 0 Å². The maximum atomic E-state index is 11.3. The van der Waals surface area contributed by atoms with Crippen molar-refractivity contribution >= 4 is 11.8 Å². The summed E-state index contributed by atoms with van der Waals surface area (Å²) in [5, 5.41) is 11.3. The smallest absolute Gasteiger partial charge is 0.182 e. The number of allylic oxidation sites excluding steroid dienone is 2. The van der Waals surface area contributed by atoms with E-state index in [9.17, 15) is 5.21 Å². The van der Waals surface area contributed by atoms with E-state index in [1.54, 1.807) is 0 Å². The standard InChI is InChI=1S/C19H17NO2/c1-15-13-20(21)11-10-19(15)17-8-5-9-18(12-17)22-14-16-6-3-2-4-7-16/h2-10,12-13H,1,11,14H2. The molecule has 0 radical (unpaired) electrons. The van der Waals surface area contributed by atoms with E-state index < -0.39 is 0 Å². The molecule has 0 spiro atoms. The Kier molecular flexibility index (Phi) is 4.05. The van der Waals surface area contributed by atoms with Gasteiger partial charge in [0.1, 0.15) is 12.4 Å². The van der Waals surface area contributed by atoms with Crippen LogP contribution in [0.1, 0.15) is 11.1 Å². The second kappa shape index (κ2) is 6.31. The van der Waals surface area contributed by atoms with E-state index >= 15 is 0 Å². The topological polar surface area (TPSA) is 35.3 Å². The highest BCUT2D eigenvalue weighted by atomic mass is 16.5. The van der Waals surface area contributed by atoms with Gasteiger partial charge >= 0.3 is 0 Å². The molecule has 2 aromatic carbocycles. The monoisotopic (exact) mass is 291 g/mol. The van der Waals surface area contributed by atoms with Crippen LogP contribution in [0.25, 0.3) is 5.57 Å². The average Bonchev–Trinajstić information content (AvgIpc) is 2.54. The number of nitrogens with zero attached hydrogens (tertiary/aromatic N) is 1. The summed E-state index contributed by atoms with van der Waals surface area (Å²) in [5.74, 6) is 0.805. The first-order chi connectivity index (χ1) is 10.7. The van der Waals surface area contributed by atoms with Crippen molar-refractivity contribution < 1.29 is 9.48 Å². The van der Waals surface area contributed by atoms with Gasteiger partial charge in [0.25, 0.3) is 0 Å². The van der Waals surface area contributed by atoms with Gasteiger partial charge in [-0.3, -0.25) is 0 Å². The van der Waals surface area contributed by atoms with Crippen LogP contribution in [0.3, 0.4) is 0 Å². The minimum absolute atomic E-state index is 0.351. The van der Waals surface area contributed by atoms with E-state index in [4.69, 9.17) is 4.74 Å². The van der Waals surface area contributed by atoms with Crippen molar-refractivity contribution in [2.45, 2.75) is 6.61 Å². The van der Waals surface area contributed by atoms with Crippen molar-refractivity contribution in [3.8, 4) is 5.75 Å². The molecule has 0 atom stereocenters. The summed E-state index contributed by atoms with van der Waals surface area (Å²) in [6.07, 6.45) is 3.42. The van der Waals surface area contributed by atoms with E-state index in [-0.39, 0.29) is 0 Å². The molecule has 110 valence electrons. The van der Waals surface area contributed by atoms with Crippen molar-refractivity contribution in [1.29, 1.82) is 0 Å². The van der Waals surface area contributed by atoms with Crippen LogP contribution in [0, 0.1) is 5.21 Å². The van der Waals surface area contributed by atoms with Crippen LogP contribution >= 0.6 is 0 Å². The molecule has 2 aromatic rings. The highest BCUT2D eigenvalue weighted by Crippen LogP contribution is 2.26. The molecule has 0 N–H and O–H groups in total. The minimum Gasteiger partial charge on any atom is -0.624 e. The lowest BCUT2D eigenvalue weighted by atomic mass is 9.97. The van der Waals surface area contributed by atoms with Crippen LogP contribution in [-0.4, -0.2) is 17.5 Å². The average molecular weight is 291 g/mol. The molecule has 0 aromatic heterocycles. The molecule has 3 rings (SSSR count). The predicted octanol–water partition coefficient (Wildman–Crippen LogP) is 3.80. The normalized spacial score (nSPS) is 14.3. The molecule has 0 saturated heterocycles. The van der Waals surface area contributed by atoms with Crippen LogP contribution in [0.5, 0.6) is 5.75 Å². The third-order valence-corrected chi connectivity index (χ3v) is 3.51. The molecule has 22 heavy (non-hydrogen) atoms. The molecule has 0 saturated carbocycles. The minimum atomic E-state index is 0.351. The number of rotatable bonds is 4. The molecule has 0 amide bonds. The first-order valence-corrected chi connectivity index (χ1v) is 7.17. The first-order valence-electron chi connectivity index (χ1n) is 7.17. The molecule has 0 unspecified atom stereocenters. The summed E-state index contributed by atoms with van der Waals surface area (Å²) >= 11 is 0. The highest BCUT2D eigenvalue weighted by Gasteiger charge is 2.13. The van der Waals surface area contributed by atoms with Gasteiger partial charge in [-0.25, -0.2) is 4.74 Å². The molecule has 0 bridgehead atoms. The fraction of sp³-hybridized carbons (Fsp3) is 0.105. The molecule has 1 aliphatic heterocycles. The predicted molar refractivity (Wildman–Crippen MR) is 88.9 cm³/mol. The van der Waals surface area contributed by atoms with Crippen LogP contribution < -0.4 is 4.74 Å². The van der Waals surface area contributed by atoms with E-state index in [0.717, 1.165) is 32.8 Å². The zero-order chi connectivity index (χ0) is 15.4. The SMILES string of the molecule is C=C1C=[N+]([O-])CC=C1c1cccc(OCc2ccccc2)c1. The van der Waals surface area contributed by atoms with E-state index in [1.807, 2.05) is 60.7 Å². The Morgan fingerprint density at radius 1 is 1.09 bits per heavy atom. The van der Waals surface area contributed by atoms with Gasteiger partial charge in [0.2, 0.25) is 0 Å². The van der Waals surface area contributed by atoms with Gasteiger partial charge in [-0.2, -0.15) is 0 Å². The summed E-state index contributed by atoms with van der Waals surface area (Å²) in [6, 6.07) is 17.9. The lowest BCUT2D eigenvalue weighted by Gasteiger charge is -2.14. The fourth-order valence-corrected chi connectivity index (χ4v) is 2.41. The van der Waals surface area contributed by atoms with E-state index in [1.165, 1.54) is 6.21 Å². The molecule has 0 fully saturated rings. The Balaban J connectivity index is 1.75. The summed E-state index contributed by atoms with van der Waals surface area (Å²) in [4.78, 5) is 0. The van der Waals surface area contributed by atoms with Crippen molar-refractivity contribution in [3.05, 3.63) is 89.2 Å². The van der Waals surface area contributed by atoms with Crippen molar-refractivity contribution in [1.82, 2.24) is 0 Å². The highest BCUT2D eigenvalue weighted by molar-refractivity contribution is 5.99. The van der Waals surface area contributed by atoms with Gasteiger partial charge in [0, 0.05) is 5.57 Å². The van der Waals surface area contributed by atoms with Gasteiger partial charge in [0.15, 0.2) is 12.8 Å². The maximum absolute atomic E-state index is 11.3. The van der Waals surface area contributed by atoms with Crippen LogP contribution in [-0.2, 0) is 6.61 Å². The lowest BCUT2D eigenvalue weighted by Crippen LogP contribution is -2.12. The van der Waals surface area contributed by atoms with Gasteiger partial charge in [-0.1, -0.05) is 49.0 Å². The van der Waals surface area contributed by atoms with Gasteiger partial charge in [0.05, 0.1) is 0 Å². The lowest BCUT2D eigenvalue weighted by molar-refractivity contribution is -0.441. The summed E-state index contributed by atoms with van der Waals surface area (Å²) in [5.41, 5.74) is 3.85. The van der Waals surface area contributed by atoms with E-state index in [2.05, 4.69) is 6.58 Å². The molecule has 3 nitrogen and oxygen atoms in total. The van der Waals surface area contributed by atoms with Crippen LogP contribution in [0.2, 0.25) is 0 Å². The Morgan fingerprint density at radius 3 is 2.68 bits per heavy atom.